The van der Waals surface area contributed by atoms with Gasteiger partial charge in [0.15, 0.2) is 0 Å². The molecule has 4 rings (SSSR count). The summed E-state index contributed by atoms with van der Waals surface area (Å²) in [5, 5.41) is 13.3. The third-order valence-corrected chi connectivity index (χ3v) is 5.57. The summed E-state index contributed by atoms with van der Waals surface area (Å²) in [5.41, 5.74) is 2.81. The first-order valence-corrected chi connectivity index (χ1v) is 9.99. The second kappa shape index (κ2) is 7.55. The first-order valence-electron chi connectivity index (χ1n) is 9.01. The molecule has 0 bridgehead atoms. The summed E-state index contributed by atoms with van der Waals surface area (Å²) in [7, 11) is 1.74. The van der Waals surface area contributed by atoms with Crippen LogP contribution in [-0.4, -0.2) is 29.8 Å². The lowest BCUT2D eigenvalue weighted by atomic mass is 10.0. The molecule has 0 amide bonds. The second-order valence-corrected chi connectivity index (χ2v) is 7.76. The van der Waals surface area contributed by atoms with Crippen molar-refractivity contribution in [2.45, 2.75) is 30.7 Å². The SMILES string of the molecule is CC(C)c1ccc(-n2nnnc2SCc2nc3ccccc3c(=O)n2C)cc1. The van der Waals surface area contributed by atoms with Gasteiger partial charge in [-0.1, -0.05) is 49.9 Å². The third kappa shape index (κ3) is 3.43. The second-order valence-electron chi connectivity index (χ2n) is 6.82. The van der Waals surface area contributed by atoms with Crippen molar-refractivity contribution < 1.29 is 0 Å². The zero-order chi connectivity index (χ0) is 19.7. The van der Waals surface area contributed by atoms with E-state index in [4.69, 9.17) is 0 Å². The van der Waals surface area contributed by atoms with Crippen LogP contribution in [0.1, 0.15) is 31.2 Å². The Morgan fingerprint density at radius 3 is 2.57 bits per heavy atom. The largest absolute Gasteiger partial charge is 0.299 e. The first-order chi connectivity index (χ1) is 13.5. The zero-order valence-corrected chi connectivity index (χ0v) is 16.7. The minimum Gasteiger partial charge on any atom is -0.299 e. The lowest BCUT2D eigenvalue weighted by molar-refractivity contribution is 0.751. The van der Waals surface area contributed by atoms with Crippen LogP contribution in [0.2, 0.25) is 0 Å². The van der Waals surface area contributed by atoms with E-state index in [0.29, 0.717) is 33.6 Å². The van der Waals surface area contributed by atoms with Crippen LogP contribution in [0, 0.1) is 0 Å². The number of tetrazole rings is 1. The van der Waals surface area contributed by atoms with E-state index in [2.05, 4.69) is 46.5 Å². The summed E-state index contributed by atoms with van der Waals surface area (Å²) in [6.07, 6.45) is 0. The van der Waals surface area contributed by atoms with Crippen molar-refractivity contribution in [1.29, 1.82) is 0 Å². The van der Waals surface area contributed by atoms with Gasteiger partial charge in [-0.05, 0) is 46.2 Å². The van der Waals surface area contributed by atoms with Gasteiger partial charge in [0.25, 0.3) is 5.56 Å². The molecule has 28 heavy (non-hydrogen) atoms. The van der Waals surface area contributed by atoms with Gasteiger partial charge in [-0.3, -0.25) is 9.36 Å². The van der Waals surface area contributed by atoms with Crippen LogP contribution in [-0.2, 0) is 12.8 Å². The van der Waals surface area contributed by atoms with Crippen LogP contribution in [0.3, 0.4) is 0 Å². The highest BCUT2D eigenvalue weighted by molar-refractivity contribution is 7.98. The smallest absolute Gasteiger partial charge is 0.261 e. The predicted molar refractivity (Wildman–Crippen MR) is 110 cm³/mol. The lowest BCUT2D eigenvalue weighted by Gasteiger charge is -2.10. The van der Waals surface area contributed by atoms with E-state index in [9.17, 15) is 4.79 Å². The van der Waals surface area contributed by atoms with Crippen molar-refractivity contribution >= 4 is 22.7 Å². The molecule has 0 spiro atoms. The summed E-state index contributed by atoms with van der Waals surface area (Å²) in [6.45, 7) is 4.32. The minimum absolute atomic E-state index is 0.0509. The minimum atomic E-state index is -0.0509. The molecule has 0 aliphatic rings. The molecule has 2 aromatic heterocycles. The molecule has 0 saturated carbocycles. The maximum absolute atomic E-state index is 12.6. The summed E-state index contributed by atoms with van der Waals surface area (Å²) < 4.78 is 3.29. The van der Waals surface area contributed by atoms with Gasteiger partial charge in [-0.15, -0.1) is 5.10 Å². The Balaban J connectivity index is 1.60. The fourth-order valence-electron chi connectivity index (χ4n) is 2.95. The maximum Gasteiger partial charge on any atom is 0.261 e. The van der Waals surface area contributed by atoms with E-state index in [0.717, 1.165) is 5.69 Å². The van der Waals surface area contributed by atoms with Crippen molar-refractivity contribution in [1.82, 2.24) is 29.8 Å². The van der Waals surface area contributed by atoms with Gasteiger partial charge in [0.1, 0.15) is 5.82 Å². The van der Waals surface area contributed by atoms with Crippen LogP contribution < -0.4 is 5.56 Å². The number of thioether (sulfide) groups is 1. The molecule has 0 aliphatic heterocycles. The number of rotatable bonds is 5. The average Bonchev–Trinajstić information content (AvgIpc) is 3.18. The van der Waals surface area contributed by atoms with E-state index >= 15 is 0 Å². The topological polar surface area (TPSA) is 78.5 Å². The molecule has 7 nitrogen and oxygen atoms in total. The Morgan fingerprint density at radius 1 is 1.07 bits per heavy atom. The van der Waals surface area contributed by atoms with Crippen LogP contribution in [0.25, 0.3) is 16.6 Å². The van der Waals surface area contributed by atoms with Crippen molar-refractivity contribution in [3.63, 3.8) is 0 Å². The fraction of sp³-hybridized carbons (Fsp3) is 0.250. The molecule has 0 N–H and O–H groups in total. The maximum atomic E-state index is 12.6. The molecular formula is C20H20N6OS. The number of hydrogen-bond acceptors (Lipinski definition) is 6. The monoisotopic (exact) mass is 392 g/mol. The first kappa shape index (κ1) is 18.4. The molecule has 2 heterocycles. The summed E-state index contributed by atoms with van der Waals surface area (Å²) >= 11 is 1.45. The summed E-state index contributed by atoms with van der Waals surface area (Å²) in [5.74, 6) is 1.64. The number of aromatic nitrogens is 6. The quantitative estimate of drug-likeness (QED) is 0.485. The van der Waals surface area contributed by atoms with Gasteiger partial charge in [0, 0.05) is 7.05 Å². The van der Waals surface area contributed by atoms with Crippen LogP contribution in [0.15, 0.2) is 58.5 Å². The molecule has 4 aromatic rings. The summed E-state index contributed by atoms with van der Waals surface area (Å²) in [6, 6.07) is 15.6. The predicted octanol–water partition coefficient (Wildman–Crippen LogP) is 3.32. The van der Waals surface area contributed by atoms with Gasteiger partial charge in [0.2, 0.25) is 5.16 Å². The van der Waals surface area contributed by atoms with E-state index in [1.54, 1.807) is 22.4 Å². The zero-order valence-electron chi connectivity index (χ0n) is 15.9. The Morgan fingerprint density at radius 2 is 1.82 bits per heavy atom. The average molecular weight is 392 g/mol. The van der Waals surface area contributed by atoms with Gasteiger partial charge in [0.05, 0.1) is 22.3 Å². The van der Waals surface area contributed by atoms with Crippen molar-refractivity contribution in [3.05, 3.63) is 70.3 Å². The Hall–Kier alpha value is -3.00. The third-order valence-electron chi connectivity index (χ3n) is 4.65. The summed E-state index contributed by atoms with van der Waals surface area (Å²) in [4.78, 5) is 17.2. The molecule has 0 atom stereocenters. The van der Waals surface area contributed by atoms with E-state index in [1.165, 1.54) is 17.3 Å². The molecule has 8 heteroatoms. The normalized spacial score (nSPS) is 11.4. The van der Waals surface area contributed by atoms with Crippen molar-refractivity contribution in [2.24, 2.45) is 7.05 Å². The highest BCUT2D eigenvalue weighted by Crippen LogP contribution is 2.23. The van der Waals surface area contributed by atoms with Gasteiger partial charge in [-0.2, -0.15) is 4.68 Å². The highest BCUT2D eigenvalue weighted by atomic mass is 32.2. The molecule has 0 unspecified atom stereocenters. The molecule has 0 radical (unpaired) electrons. The molecule has 142 valence electrons. The van der Waals surface area contributed by atoms with Crippen molar-refractivity contribution in [2.75, 3.05) is 0 Å². The number of benzene rings is 2. The number of para-hydroxylation sites is 1. The molecular weight excluding hydrogens is 372 g/mol. The Kier molecular flexibility index (Phi) is 4.95. The van der Waals surface area contributed by atoms with E-state index < -0.39 is 0 Å². The standard InChI is InChI=1S/C20H20N6OS/c1-13(2)14-8-10-15(11-9-14)26-20(22-23-24-26)28-12-18-21-17-7-5-4-6-16(17)19(27)25(18)3/h4-11,13H,12H2,1-3H3. The van der Waals surface area contributed by atoms with E-state index in [1.807, 2.05) is 30.3 Å². The van der Waals surface area contributed by atoms with E-state index in [-0.39, 0.29) is 5.56 Å². The molecule has 0 aliphatic carbocycles. The van der Waals surface area contributed by atoms with Gasteiger partial charge >= 0.3 is 0 Å². The lowest BCUT2D eigenvalue weighted by Crippen LogP contribution is -2.22. The Labute approximate surface area is 166 Å². The van der Waals surface area contributed by atoms with Crippen LogP contribution >= 0.6 is 11.8 Å². The number of hydrogen-bond donors (Lipinski definition) is 0. The number of nitrogens with zero attached hydrogens (tertiary/aromatic N) is 6. The highest BCUT2D eigenvalue weighted by Gasteiger charge is 2.13. The molecule has 0 saturated heterocycles. The Bertz CT molecular complexity index is 1180. The van der Waals surface area contributed by atoms with Gasteiger partial charge < -0.3 is 0 Å². The fourth-order valence-corrected chi connectivity index (χ4v) is 3.83. The van der Waals surface area contributed by atoms with Crippen LogP contribution in [0.4, 0.5) is 0 Å². The molecule has 2 aromatic carbocycles. The van der Waals surface area contributed by atoms with Crippen molar-refractivity contribution in [3.8, 4) is 5.69 Å². The number of fused-ring (bicyclic) bond motifs is 1. The van der Waals surface area contributed by atoms with Gasteiger partial charge in [-0.25, -0.2) is 4.98 Å². The molecule has 0 fully saturated rings. The van der Waals surface area contributed by atoms with Crippen LogP contribution in [0.5, 0.6) is 0 Å².